The minimum Gasteiger partial charge on any atom is -0.346 e. The summed E-state index contributed by atoms with van der Waals surface area (Å²) < 4.78 is 0. The van der Waals surface area contributed by atoms with Crippen LogP contribution in [0.2, 0.25) is 10.0 Å². The number of nitrogens with one attached hydrogen (secondary N) is 2. The standard InChI is InChI=1S/C17H16Cl2N2O2S/c18-13-6-7-14(19)15(8-13)21-16(22)9-20-17(23)11-24-10-12-4-2-1-3-5-12/h1-8H,9-11H2,(H,20,23)(H,21,22). The Hall–Kier alpha value is -1.69. The van der Waals surface area contributed by atoms with Gasteiger partial charge in [0.15, 0.2) is 0 Å². The van der Waals surface area contributed by atoms with E-state index in [0.29, 0.717) is 21.5 Å². The Bertz CT molecular complexity index is 711. The van der Waals surface area contributed by atoms with E-state index >= 15 is 0 Å². The first-order valence-corrected chi connectivity index (χ1v) is 9.09. The van der Waals surface area contributed by atoms with Gasteiger partial charge in [0.25, 0.3) is 0 Å². The van der Waals surface area contributed by atoms with E-state index in [9.17, 15) is 9.59 Å². The molecule has 0 bridgehead atoms. The molecule has 0 saturated heterocycles. The molecule has 0 aromatic heterocycles. The molecule has 0 aliphatic heterocycles. The van der Waals surface area contributed by atoms with Crippen molar-refractivity contribution >= 4 is 52.5 Å². The van der Waals surface area contributed by atoms with Gasteiger partial charge in [-0.25, -0.2) is 0 Å². The maximum absolute atomic E-state index is 11.8. The van der Waals surface area contributed by atoms with Crippen molar-refractivity contribution in [1.82, 2.24) is 5.32 Å². The number of hydrogen-bond acceptors (Lipinski definition) is 3. The van der Waals surface area contributed by atoms with E-state index in [2.05, 4.69) is 10.6 Å². The molecule has 2 amide bonds. The number of rotatable bonds is 7. The van der Waals surface area contributed by atoms with Crippen molar-refractivity contribution < 1.29 is 9.59 Å². The molecule has 2 aromatic rings. The van der Waals surface area contributed by atoms with Crippen molar-refractivity contribution in [1.29, 1.82) is 0 Å². The van der Waals surface area contributed by atoms with Gasteiger partial charge in [-0.3, -0.25) is 9.59 Å². The van der Waals surface area contributed by atoms with E-state index < -0.39 is 0 Å². The van der Waals surface area contributed by atoms with E-state index in [4.69, 9.17) is 23.2 Å². The summed E-state index contributed by atoms with van der Waals surface area (Å²) >= 11 is 13.3. The largest absolute Gasteiger partial charge is 0.346 e. The number of benzene rings is 2. The molecule has 0 unspecified atom stereocenters. The lowest BCUT2D eigenvalue weighted by atomic mass is 10.2. The molecule has 0 fully saturated rings. The lowest BCUT2D eigenvalue weighted by Gasteiger charge is -2.09. The van der Waals surface area contributed by atoms with Crippen LogP contribution in [0, 0.1) is 0 Å². The number of halogens is 2. The zero-order chi connectivity index (χ0) is 17.4. The van der Waals surface area contributed by atoms with E-state index in [1.54, 1.807) is 18.2 Å². The highest BCUT2D eigenvalue weighted by Crippen LogP contribution is 2.25. The van der Waals surface area contributed by atoms with Gasteiger partial charge in [-0.15, -0.1) is 11.8 Å². The number of thioether (sulfide) groups is 1. The maximum Gasteiger partial charge on any atom is 0.243 e. The summed E-state index contributed by atoms with van der Waals surface area (Å²) in [5.41, 5.74) is 1.57. The van der Waals surface area contributed by atoms with Crippen LogP contribution >= 0.6 is 35.0 Å². The first-order chi connectivity index (χ1) is 11.5. The maximum atomic E-state index is 11.8. The molecule has 0 aliphatic carbocycles. The van der Waals surface area contributed by atoms with Crippen molar-refractivity contribution in [3.63, 3.8) is 0 Å². The van der Waals surface area contributed by atoms with E-state index in [1.807, 2.05) is 30.3 Å². The smallest absolute Gasteiger partial charge is 0.243 e. The van der Waals surface area contributed by atoms with Crippen LogP contribution in [-0.4, -0.2) is 24.1 Å². The second-order valence-electron chi connectivity index (χ2n) is 4.93. The number of hydrogen-bond donors (Lipinski definition) is 2. The van der Waals surface area contributed by atoms with Gasteiger partial charge in [0, 0.05) is 10.8 Å². The van der Waals surface area contributed by atoms with E-state index in [-0.39, 0.29) is 18.4 Å². The average Bonchev–Trinajstić information content (AvgIpc) is 2.57. The third-order valence-corrected chi connectivity index (χ3v) is 4.56. The molecule has 4 nitrogen and oxygen atoms in total. The third-order valence-electron chi connectivity index (χ3n) is 2.99. The zero-order valence-electron chi connectivity index (χ0n) is 12.7. The SMILES string of the molecule is O=C(CSCc1ccccc1)NCC(=O)Nc1cc(Cl)ccc1Cl. The molecular formula is C17H16Cl2N2O2S. The molecule has 0 radical (unpaired) electrons. The third kappa shape index (κ3) is 6.43. The van der Waals surface area contributed by atoms with Crippen LogP contribution in [0.3, 0.4) is 0 Å². The second-order valence-corrected chi connectivity index (χ2v) is 6.76. The molecule has 24 heavy (non-hydrogen) atoms. The molecule has 126 valence electrons. The summed E-state index contributed by atoms with van der Waals surface area (Å²) in [4.78, 5) is 23.6. The Balaban J connectivity index is 1.69. The van der Waals surface area contributed by atoms with Gasteiger partial charge in [-0.05, 0) is 23.8 Å². The summed E-state index contributed by atoms with van der Waals surface area (Å²) in [7, 11) is 0. The molecule has 2 aromatic carbocycles. The Labute approximate surface area is 154 Å². The molecule has 0 saturated carbocycles. The fraction of sp³-hybridized carbons (Fsp3) is 0.176. The molecule has 2 N–H and O–H groups in total. The topological polar surface area (TPSA) is 58.2 Å². The molecule has 0 spiro atoms. The van der Waals surface area contributed by atoms with Crippen molar-refractivity contribution in [3.8, 4) is 0 Å². The lowest BCUT2D eigenvalue weighted by Crippen LogP contribution is -2.34. The predicted octanol–water partition coefficient (Wildman–Crippen LogP) is 3.98. The van der Waals surface area contributed by atoms with Crippen LogP contribution in [-0.2, 0) is 15.3 Å². The highest BCUT2D eigenvalue weighted by Gasteiger charge is 2.09. The summed E-state index contributed by atoms with van der Waals surface area (Å²) in [5, 5.41) is 6.04. The molecule has 0 atom stereocenters. The molecule has 2 rings (SSSR count). The van der Waals surface area contributed by atoms with E-state index in [0.717, 1.165) is 11.3 Å². The van der Waals surface area contributed by atoms with Gasteiger partial charge >= 0.3 is 0 Å². The highest BCUT2D eigenvalue weighted by atomic mass is 35.5. The van der Waals surface area contributed by atoms with Crippen LogP contribution in [0.25, 0.3) is 0 Å². The van der Waals surface area contributed by atoms with Crippen molar-refractivity contribution in [2.45, 2.75) is 5.75 Å². The fourth-order valence-corrected chi connectivity index (χ4v) is 3.01. The summed E-state index contributed by atoms with van der Waals surface area (Å²) in [6.45, 7) is -0.117. The lowest BCUT2D eigenvalue weighted by molar-refractivity contribution is -0.122. The van der Waals surface area contributed by atoms with Crippen LogP contribution < -0.4 is 10.6 Å². The molecule has 7 heteroatoms. The number of carbonyl (C=O) groups excluding carboxylic acids is 2. The Morgan fingerprint density at radius 2 is 1.75 bits per heavy atom. The first kappa shape index (κ1) is 18.6. The summed E-state index contributed by atoms with van der Waals surface area (Å²) in [6.07, 6.45) is 0. The normalized spacial score (nSPS) is 10.2. The fourth-order valence-electron chi connectivity index (χ4n) is 1.85. The Kier molecular flexibility index (Phi) is 7.43. The van der Waals surface area contributed by atoms with Crippen LogP contribution in [0.1, 0.15) is 5.56 Å². The average molecular weight is 383 g/mol. The van der Waals surface area contributed by atoms with Gasteiger partial charge in [0.05, 0.1) is 23.0 Å². The summed E-state index contributed by atoms with van der Waals surface area (Å²) in [5.74, 6) is 0.488. The number of carbonyl (C=O) groups is 2. The van der Waals surface area contributed by atoms with Gasteiger partial charge < -0.3 is 10.6 Å². The second kappa shape index (κ2) is 9.57. The molecule has 0 heterocycles. The van der Waals surface area contributed by atoms with Gasteiger partial charge in [-0.2, -0.15) is 0 Å². The van der Waals surface area contributed by atoms with Gasteiger partial charge in [0.1, 0.15) is 0 Å². The number of anilines is 1. The van der Waals surface area contributed by atoms with Crippen LogP contribution in [0.4, 0.5) is 5.69 Å². The van der Waals surface area contributed by atoms with Crippen molar-refractivity contribution in [2.75, 3.05) is 17.6 Å². The first-order valence-electron chi connectivity index (χ1n) is 7.18. The van der Waals surface area contributed by atoms with Crippen LogP contribution in [0.15, 0.2) is 48.5 Å². The van der Waals surface area contributed by atoms with Crippen molar-refractivity contribution in [2.24, 2.45) is 0 Å². The zero-order valence-corrected chi connectivity index (χ0v) is 15.0. The molecular weight excluding hydrogens is 367 g/mol. The minimum absolute atomic E-state index is 0.117. The van der Waals surface area contributed by atoms with Gasteiger partial charge in [0.2, 0.25) is 11.8 Å². The van der Waals surface area contributed by atoms with Crippen LogP contribution in [0.5, 0.6) is 0 Å². The van der Waals surface area contributed by atoms with E-state index in [1.165, 1.54) is 11.8 Å². The van der Waals surface area contributed by atoms with Crippen molar-refractivity contribution in [3.05, 3.63) is 64.1 Å². The number of amides is 2. The highest BCUT2D eigenvalue weighted by molar-refractivity contribution is 7.99. The Morgan fingerprint density at radius 1 is 1.00 bits per heavy atom. The quantitative estimate of drug-likeness (QED) is 0.761. The van der Waals surface area contributed by atoms with Gasteiger partial charge in [-0.1, -0.05) is 53.5 Å². The molecule has 0 aliphatic rings. The predicted molar refractivity (Wildman–Crippen MR) is 101 cm³/mol. The Morgan fingerprint density at radius 3 is 2.50 bits per heavy atom. The minimum atomic E-state index is -0.361. The monoisotopic (exact) mass is 382 g/mol. The summed E-state index contributed by atoms with van der Waals surface area (Å²) in [6, 6.07) is 14.7.